The second-order valence-electron chi connectivity index (χ2n) is 8.04. The number of halogens is 2. The Balaban J connectivity index is 1.59. The third-order valence-corrected chi connectivity index (χ3v) is 5.28. The molecule has 1 fully saturated rings. The highest BCUT2D eigenvalue weighted by Crippen LogP contribution is 2.46. The van der Waals surface area contributed by atoms with Gasteiger partial charge in [-0.3, -0.25) is 9.78 Å². The van der Waals surface area contributed by atoms with Gasteiger partial charge in [-0.1, -0.05) is 42.5 Å². The molecule has 1 saturated carbocycles. The summed E-state index contributed by atoms with van der Waals surface area (Å²) in [4.78, 5) is 17.0. The molecule has 3 nitrogen and oxygen atoms in total. The van der Waals surface area contributed by atoms with Gasteiger partial charge < -0.3 is 5.32 Å². The number of aromatic nitrogens is 1. The number of amides is 1. The van der Waals surface area contributed by atoms with Crippen LogP contribution in [0.3, 0.4) is 0 Å². The Morgan fingerprint density at radius 3 is 2.64 bits per heavy atom. The van der Waals surface area contributed by atoms with Gasteiger partial charge in [-0.15, -0.1) is 0 Å². The molecule has 1 aromatic heterocycles. The molecular weight excluding hydrogens is 358 g/mol. The lowest BCUT2D eigenvalue weighted by Gasteiger charge is -2.33. The molecule has 1 aliphatic rings. The van der Waals surface area contributed by atoms with E-state index >= 15 is 0 Å². The summed E-state index contributed by atoms with van der Waals surface area (Å²) >= 11 is 0. The minimum absolute atomic E-state index is 0.229. The Labute approximate surface area is 162 Å². The average Bonchev–Trinajstić information content (AvgIpc) is 3.38. The second-order valence-corrected chi connectivity index (χ2v) is 8.04. The molecule has 28 heavy (non-hydrogen) atoms. The Bertz CT molecular complexity index is 1020. The monoisotopic (exact) mass is 380 g/mol. The lowest BCUT2D eigenvalue weighted by atomic mass is 9.86. The Morgan fingerprint density at radius 2 is 1.93 bits per heavy atom. The van der Waals surface area contributed by atoms with E-state index in [4.69, 9.17) is 0 Å². The molecule has 1 heterocycles. The van der Waals surface area contributed by atoms with Crippen molar-refractivity contribution in [2.45, 2.75) is 43.8 Å². The number of nitrogens with zero attached hydrogens (tertiary/aromatic N) is 1. The van der Waals surface area contributed by atoms with Gasteiger partial charge in [0.05, 0.1) is 5.56 Å². The third-order valence-electron chi connectivity index (χ3n) is 5.28. The van der Waals surface area contributed by atoms with Crippen LogP contribution in [0.25, 0.3) is 10.9 Å². The number of alkyl halides is 1. The van der Waals surface area contributed by atoms with Crippen LogP contribution in [-0.2, 0) is 6.42 Å². The molecule has 0 bridgehead atoms. The van der Waals surface area contributed by atoms with Crippen molar-refractivity contribution in [1.29, 1.82) is 0 Å². The molecule has 1 atom stereocenters. The van der Waals surface area contributed by atoms with E-state index < -0.39 is 17.0 Å². The van der Waals surface area contributed by atoms with Crippen LogP contribution in [0.2, 0.25) is 0 Å². The van der Waals surface area contributed by atoms with Crippen LogP contribution in [0.5, 0.6) is 0 Å². The summed E-state index contributed by atoms with van der Waals surface area (Å²) in [7, 11) is 0. The quantitative estimate of drug-likeness (QED) is 0.654. The van der Waals surface area contributed by atoms with Crippen molar-refractivity contribution in [3.05, 3.63) is 77.7 Å². The molecule has 5 heteroatoms. The molecule has 144 valence electrons. The van der Waals surface area contributed by atoms with Crippen LogP contribution in [0.15, 0.2) is 60.8 Å². The minimum Gasteiger partial charge on any atom is -0.346 e. The molecule has 0 saturated heterocycles. The first kappa shape index (κ1) is 18.5. The number of pyridine rings is 1. The highest BCUT2D eigenvalue weighted by molar-refractivity contribution is 5.97. The highest BCUT2D eigenvalue weighted by atomic mass is 19.1. The molecular formula is C23H22F2N2O. The van der Waals surface area contributed by atoms with Crippen LogP contribution in [-0.4, -0.2) is 22.1 Å². The van der Waals surface area contributed by atoms with Crippen LogP contribution in [0.4, 0.5) is 8.78 Å². The molecule has 0 spiro atoms. The van der Waals surface area contributed by atoms with E-state index in [2.05, 4.69) is 10.3 Å². The van der Waals surface area contributed by atoms with E-state index in [0.717, 1.165) is 5.56 Å². The van der Waals surface area contributed by atoms with Crippen molar-refractivity contribution < 1.29 is 13.6 Å². The Kier molecular flexibility index (Phi) is 4.61. The number of hydrogen-bond donors (Lipinski definition) is 1. The number of carbonyl (C=O) groups is 1. The van der Waals surface area contributed by atoms with E-state index in [1.807, 2.05) is 37.3 Å². The maximum Gasteiger partial charge on any atom is 0.253 e. The van der Waals surface area contributed by atoms with Gasteiger partial charge in [0.15, 0.2) is 0 Å². The van der Waals surface area contributed by atoms with Crippen LogP contribution in [0, 0.1) is 5.82 Å². The molecule has 1 N–H and O–H groups in total. The molecule has 1 unspecified atom stereocenters. The number of hydrogen-bond acceptors (Lipinski definition) is 2. The number of carbonyl (C=O) groups excluding carboxylic acids is 1. The maximum atomic E-state index is 14.6. The van der Waals surface area contributed by atoms with E-state index in [0.29, 0.717) is 30.2 Å². The number of rotatable bonds is 6. The molecule has 4 rings (SSSR count). The first-order valence-electron chi connectivity index (χ1n) is 9.46. The van der Waals surface area contributed by atoms with Crippen LogP contribution in [0.1, 0.15) is 42.1 Å². The third kappa shape index (κ3) is 4.03. The van der Waals surface area contributed by atoms with Gasteiger partial charge in [0, 0.05) is 23.5 Å². The zero-order valence-electron chi connectivity index (χ0n) is 15.7. The maximum absolute atomic E-state index is 14.6. The van der Waals surface area contributed by atoms with Crippen molar-refractivity contribution in [2.75, 3.05) is 0 Å². The van der Waals surface area contributed by atoms with Crippen LogP contribution >= 0.6 is 0 Å². The highest BCUT2D eigenvalue weighted by Gasteiger charge is 2.48. The van der Waals surface area contributed by atoms with Crippen molar-refractivity contribution in [3.63, 3.8) is 0 Å². The topological polar surface area (TPSA) is 42.0 Å². The number of para-hydroxylation sites is 1. The van der Waals surface area contributed by atoms with Gasteiger partial charge in [-0.25, -0.2) is 8.78 Å². The van der Waals surface area contributed by atoms with E-state index in [1.54, 1.807) is 18.2 Å². The second kappa shape index (κ2) is 6.97. The first-order chi connectivity index (χ1) is 13.4. The molecule has 1 amide bonds. The van der Waals surface area contributed by atoms with E-state index in [-0.39, 0.29) is 17.8 Å². The van der Waals surface area contributed by atoms with Gasteiger partial charge in [0.1, 0.15) is 17.0 Å². The average molecular weight is 380 g/mol. The smallest absolute Gasteiger partial charge is 0.253 e. The Hall–Kier alpha value is -2.82. The van der Waals surface area contributed by atoms with Gasteiger partial charge in [0.25, 0.3) is 5.91 Å². The lowest BCUT2D eigenvalue weighted by molar-refractivity contribution is 0.0877. The molecule has 0 aliphatic heterocycles. The fourth-order valence-corrected chi connectivity index (χ4v) is 3.80. The predicted octanol–water partition coefficient (Wildman–Crippen LogP) is 5.00. The summed E-state index contributed by atoms with van der Waals surface area (Å²) in [5, 5.41) is 3.58. The first-order valence-corrected chi connectivity index (χ1v) is 9.46. The van der Waals surface area contributed by atoms with Crippen LogP contribution < -0.4 is 5.32 Å². The number of benzene rings is 2. The summed E-state index contributed by atoms with van der Waals surface area (Å²) in [5.74, 6) is -0.757. The molecule has 0 radical (unpaired) electrons. The summed E-state index contributed by atoms with van der Waals surface area (Å²) in [6, 6.07) is 16.0. The zero-order valence-corrected chi connectivity index (χ0v) is 15.7. The van der Waals surface area contributed by atoms with Crippen molar-refractivity contribution in [3.8, 4) is 0 Å². The number of nitrogens with one attached hydrogen (secondary N) is 1. The summed E-state index contributed by atoms with van der Waals surface area (Å²) in [6.45, 7) is 1.88. The molecule has 3 aromatic rings. The predicted molar refractivity (Wildman–Crippen MR) is 105 cm³/mol. The SMILES string of the molecule is CC(Cc1ccccc1)(CC1(F)CC1)NC(=O)c1cnc2c(F)cccc2c1. The summed E-state index contributed by atoms with van der Waals surface area (Å²) in [5.41, 5.74) is -0.344. The molecule has 1 aliphatic carbocycles. The van der Waals surface area contributed by atoms with Gasteiger partial charge >= 0.3 is 0 Å². The van der Waals surface area contributed by atoms with Crippen molar-refractivity contribution >= 4 is 16.8 Å². The normalized spacial score (nSPS) is 17.1. The zero-order chi connectivity index (χ0) is 19.8. The summed E-state index contributed by atoms with van der Waals surface area (Å²) < 4.78 is 28.4. The van der Waals surface area contributed by atoms with Crippen molar-refractivity contribution in [1.82, 2.24) is 10.3 Å². The standard InChI is InChI=1S/C23H22F2N2O/c1-22(15-23(25)10-11-23,13-16-6-3-2-4-7-16)27-21(28)18-12-17-8-5-9-19(24)20(17)26-14-18/h2-9,12,14H,10-11,13,15H2,1H3,(H,27,28). The van der Waals surface area contributed by atoms with E-state index in [9.17, 15) is 13.6 Å². The van der Waals surface area contributed by atoms with E-state index in [1.165, 1.54) is 12.3 Å². The van der Waals surface area contributed by atoms with Gasteiger partial charge in [-0.05, 0) is 43.9 Å². The fourth-order valence-electron chi connectivity index (χ4n) is 3.80. The molecule has 2 aromatic carbocycles. The van der Waals surface area contributed by atoms with Gasteiger partial charge in [-0.2, -0.15) is 0 Å². The Morgan fingerprint density at radius 1 is 1.18 bits per heavy atom. The van der Waals surface area contributed by atoms with Crippen molar-refractivity contribution in [2.24, 2.45) is 0 Å². The summed E-state index contributed by atoms with van der Waals surface area (Å²) in [6.07, 6.45) is 3.22. The minimum atomic E-state index is -1.21. The fraction of sp³-hybridized carbons (Fsp3) is 0.304. The largest absolute Gasteiger partial charge is 0.346 e. The number of fused-ring (bicyclic) bond motifs is 1. The lowest BCUT2D eigenvalue weighted by Crippen LogP contribution is -2.49. The van der Waals surface area contributed by atoms with Gasteiger partial charge in [0.2, 0.25) is 0 Å².